The molecule has 2 aromatic carbocycles. The molecule has 4 N–H and O–H groups in total. The van der Waals surface area contributed by atoms with Gasteiger partial charge in [-0.1, -0.05) is 55.5 Å². The van der Waals surface area contributed by atoms with E-state index in [-0.39, 0.29) is 19.1 Å². The van der Waals surface area contributed by atoms with Crippen LogP contribution in [0.4, 0.5) is 4.79 Å². The zero-order valence-corrected chi connectivity index (χ0v) is 16.1. The molecular formula is C20H23N7O2. The Morgan fingerprint density at radius 3 is 2.45 bits per heavy atom. The van der Waals surface area contributed by atoms with Gasteiger partial charge in [-0.25, -0.2) is 4.79 Å². The van der Waals surface area contributed by atoms with Crippen LogP contribution in [-0.4, -0.2) is 50.6 Å². The van der Waals surface area contributed by atoms with Crippen LogP contribution in [0.5, 0.6) is 0 Å². The molecule has 0 aliphatic carbocycles. The lowest BCUT2D eigenvalue weighted by molar-refractivity contribution is -0.118. The molecule has 3 rings (SSSR count). The average molecular weight is 393 g/mol. The number of hydrogen-bond donors (Lipinski definition) is 3. The van der Waals surface area contributed by atoms with E-state index in [1.807, 2.05) is 55.5 Å². The molecule has 0 bridgehead atoms. The van der Waals surface area contributed by atoms with Crippen LogP contribution in [0.3, 0.4) is 0 Å². The second-order valence-corrected chi connectivity index (χ2v) is 6.53. The Hall–Kier alpha value is -3.75. The minimum atomic E-state index is -0.553. The number of benzene rings is 2. The van der Waals surface area contributed by atoms with Crippen molar-refractivity contribution < 1.29 is 9.59 Å². The minimum Gasteiger partial charge on any atom is -0.368 e. The number of carbonyl (C=O) groups is 2. The second-order valence-electron chi connectivity index (χ2n) is 6.53. The summed E-state index contributed by atoms with van der Waals surface area (Å²) in [5.41, 5.74) is 8.99. The van der Waals surface area contributed by atoms with Crippen molar-refractivity contribution >= 4 is 11.9 Å². The Bertz CT molecular complexity index is 955. The second kappa shape index (κ2) is 9.45. The number of rotatable bonds is 8. The smallest absolute Gasteiger partial charge is 0.318 e. The molecule has 0 spiro atoms. The molecule has 150 valence electrons. The lowest BCUT2D eigenvalue weighted by atomic mass is 9.98. The van der Waals surface area contributed by atoms with Gasteiger partial charge in [0.15, 0.2) is 0 Å². The number of nitrogens with one attached hydrogen (secondary N) is 2. The van der Waals surface area contributed by atoms with Crippen molar-refractivity contribution in [3.63, 3.8) is 0 Å². The molecule has 0 radical (unpaired) electrons. The normalized spacial score (nSPS) is 10.5. The van der Waals surface area contributed by atoms with Gasteiger partial charge < -0.3 is 16.0 Å². The molecule has 29 heavy (non-hydrogen) atoms. The first kappa shape index (κ1) is 20.0. The summed E-state index contributed by atoms with van der Waals surface area (Å²) >= 11 is 0. The first-order chi connectivity index (χ1) is 14.1. The number of amides is 3. The predicted octanol–water partition coefficient (Wildman–Crippen LogP) is 1.94. The van der Waals surface area contributed by atoms with Gasteiger partial charge in [0.1, 0.15) is 6.54 Å². The molecule has 3 amide bonds. The molecule has 9 heteroatoms. The van der Waals surface area contributed by atoms with E-state index in [4.69, 9.17) is 5.73 Å². The Labute approximate surface area is 168 Å². The molecule has 9 nitrogen and oxygen atoms in total. The average Bonchev–Trinajstić information content (AvgIpc) is 3.26. The highest BCUT2D eigenvalue weighted by atomic mass is 16.2. The Morgan fingerprint density at radius 2 is 1.83 bits per heavy atom. The molecule has 0 aliphatic rings. The third-order valence-corrected chi connectivity index (χ3v) is 4.31. The van der Waals surface area contributed by atoms with Crippen molar-refractivity contribution in [1.29, 1.82) is 0 Å². The van der Waals surface area contributed by atoms with Gasteiger partial charge in [-0.2, -0.15) is 5.21 Å². The largest absolute Gasteiger partial charge is 0.368 e. The molecule has 3 aromatic rings. The van der Waals surface area contributed by atoms with Gasteiger partial charge in [0.05, 0.1) is 0 Å². The highest BCUT2D eigenvalue weighted by molar-refractivity contribution is 5.83. The number of nitrogens with two attached hydrogens (primary N) is 1. The number of nitrogens with zero attached hydrogens (tertiary/aromatic N) is 4. The zero-order chi connectivity index (χ0) is 20.6. The van der Waals surface area contributed by atoms with Crippen LogP contribution in [0.2, 0.25) is 0 Å². The zero-order valence-electron chi connectivity index (χ0n) is 16.1. The topological polar surface area (TPSA) is 130 Å². The first-order valence-corrected chi connectivity index (χ1v) is 9.31. The number of carbonyl (C=O) groups excluding carboxylic acids is 2. The van der Waals surface area contributed by atoms with Crippen LogP contribution in [-0.2, 0) is 11.3 Å². The lowest BCUT2D eigenvalue weighted by Crippen LogP contribution is -2.44. The van der Waals surface area contributed by atoms with E-state index in [2.05, 4.69) is 25.9 Å². The highest BCUT2D eigenvalue weighted by Crippen LogP contribution is 2.29. The third-order valence-electron chi connectivity index (χ3n) is 4.31. The van der Waals surface area contributed by atoms with Gasteiger partial charge >= 0.3 is 6.03 Å². The Morgan fingerprint density at radius 1 is 1.10 bits per heavy atom. The van der Waals surface area contributed by atoms with Crippen LogP contribution < -0.4 is 11.1 Å². The van der Waals surface area contributed by atoms with Crippen molar-refractivity contribution in [3.8, 4) is 22.5 Å². The number of aromatic nitrogens is 4. The van der Waals surface area contributed by atoms with Gasteiger partial charge in [-0.15, -0.1) is 10.2 Å². The Kier molecular flexibility index (Phi) is 6.51. The van der Waals surface area contributed by atoms with Crippen LogP contribution in [0.15, 0.2) is 48.5 Å². The Balaban J connectivity index is 1.79. The molecule has 0 fully saturated rings. The molecule has 1 heterocycles. The summed E-state index contributed by atoms with van der Waals surface area (Å²) in [6.07, 6.45) is 0.810. The van der Waals surface area contributed by atoms with E-state index in [0.29, 0.717) is 12.4 Å². The fourth-order valence-corrected chi connectivity index (χ4v) is 2.95. The van der Waals surface area contributed by atoms with E-state index in [1.54, 1.807) is 0 Å². The summed E-state index contributed by atoms with van der Waals surface area (Å²) in [5.74, 6) is -0.0350. The quantitative estimate of drug-likeness (QED) is 0.538. The van der Waals surface area contributed by atoms with E-state index in [9.17, 15) is 9.59 Å². The highest BCUT2D eigenvalue weighted by Gasteiger charge is 2.16. The number of urea groups is 1. The van der Waals surface area contributed by atoms with E-state index in [1.165, 1.54) is 4.90 Å². The molecule has 0 aliphatic heterocycles. The monoisotopic (exact) mass is 393 g/mol. The van der Waals surface area contributed by atoms with E-state index < -0.39 is 5.91 Å². The summed E-state index contributed by atoms with van der Waals surface area (Å²) in [7, 11) is 0. The minimum absolute atomic E-state index is 0.141. The van der Waals surface area contributed by atoms with Crippen LogP contribution in [0.25, 0.3) is 22.5 Å². The van der Waals surface area contributed by atoms with Crippen molar-refractivity contribution in [2.24, 2.45) is 5.73 Å². The maximum atomic E-state index is 12.3. The number of primary amides is 1. The first-order valence-electron chi connectivity index (χ1n) is 9.31. The number of aromatic amines is 1. The summed E-state index contributed by atoms with van der Waals surface area (Å²) < 4.78 is 0. The summed E-state index contributed by atoms with van der Waals surface area (Å²) in [4.78, 5) is 25.0. The van der Waals surface area contributed by atoms with Crippen molar-refractivity contribution in [1.82, 2.24) is 30.8 Å². The standard InChI is InChI=1S/C20H23N7O2/c1-2-11-22-20(29)27(13-18(21)28)12-14-7-9-15(10-8-14)16-5-3-4-6-17(16)19-23-25-26-24-19/h3-10H,2,11-13H2,1H3,(H2,21,28)(H,22,29)(H,23,24,25,26). The van der Waals surface area contributed by atoms with Crippen molar-refractivity contribution in [2.75, 3.05) is 13.1 Å². The molecule has 0 atom stereocenters. The molecule has 0 unspecified atom stereocenters. The van der Waals surface area contributed by atoms with Crippen molar-refractivity contribution in [3.05, 3.63) is 54.1 Å². The van der Waals surface area contributed by atoms with E-state index in [0.717, 1.165) is 28.7 Å². The summed E-state index contributed by atoms with van der Waals surface area (Å²) in [6.45, 7) is 2.65. The summed E-state index contributed by atoms with van der Waals surface area (Å²) in [6, 6.07) is 15.2. The van der Waals surface area contributed by atoms with Gasteiger partial charge in [0.25, 0.3) is 0 Å². The maximum Gasteiger partial charge on any atom is 0.318 e. The molecule has 0 saturated carbocycles. The van der Waals surface area contributed by atoms with E-state index >= 15 is 0 Å². The van der Waals surface area contributed by atoms with Gasteiger partial charge in [0.2, 0.25) is 11.7 Å². The van der Waals surface area contributed by atoms with Crippen molar-refractivity contribution in [2.45, 2.75) is 19.9 Å². The third kappa shape index (κ3) is 5.16. The fourth-order valence-electron chi connectivity index (χ4n) is 2.95. The fraction of sp³-hybridized carbons (Fsp3) is 0.250. The van der Waals surface area contributed by atoms with Crippen LogP contribution in [0, 0.1) is 0 Å². The van der Waals surface area contributed by atoms with Gasteiger partial charge in [0, 0.05) is 18.7 Å². The lowest BCUT2D eigenvalue weighted by Gasteiger charge is -2.22. The molecule has 0 saturated heterocycles. The molecular weight excluding hydrogens is 370 g/mol. The molecule has 1 aromatic heterocycles. The van der Waals surface area contributed by atoms with Gasteiger partial charge in [-0.3, -0.25) is 4.79 Å². The van der Waals surface area contributed by atoms with Crippen LogP contribution in [0.1, 0.15) is 18.9 Å². The maximum absolute atomic E-state index is 12.3. The van der Waals surface area contributed by atoms with Crippen LogP contribution >= 0.6 is 0 Å². The predicted molar refractivity (Wildman–Crippen MR) is 108 cm³/mol. The number of tetrazole rings is 1. The summed E-state index contributed by atoms with van der Waals surface area (Å²) in [5, 5.41) is 17.0. The van der Waals surface area contributed by atoms with Gasteiger partial charge in [-0.05, 0) is 28.3 Å². The SMILES string of the molecule is CCCNC(=O)N(CC(N)=O)Cc1ccc(-c2ccccc2-c2nn[nH]n2)cc1. The number of hydrogen-bond acceptors (Lipinski definition) is 5. The number of H-pyrrole nitrogens is 1.